The lowest BCUT2D eigenvalue weighted by Gasteiger charge is -2.17. The van der Waals surface area contributed by atoms with Crippen LogP contribution < -0.4 is 15.8 Å². The predicted molar refractivity (Wildman–Crippen MR) is 73.4 cm³/mol. The molecule has 1 unspecified atom stereocenters. The van der Waals surface area contributed by atoms with E-state index in [0.29, 0.717) is 28.8 Å². The Balaban J connectivity index is 3.02. The number of halogens is 2. The molecule has 1 atom stereocenters. The van der Waals surface area contributed by atoms with Crippen LogP contribution in [0.3, 0.4) is 0 Å². The Kier molecular flexibility index (Phi) is 5.72. The quantitative estimate of drug-likeness (QED) is 0.872. The number of hydrogen-bond donors (Lipinski definition) is 2. The van der Waals surface area contributed by atoms with E-state index < -0.39 is 6.10 Å². The predicted octanol–water partition coefficient (Wildman–Crippen LogP) is 2.01. The molecular formula is C12H16Cl2N2O2. The molecule has 4 nitrogen and oxygen atoms in total. The van der Waals surface area contributed by atoms with E-state index in [4.69, 9.17) is 33.7 Å². The molecule has 6 heteroatoms. The molecule has 1 aromatic rings. The van der Waals surface area contributed by atoms with Crippen LogP contribution in [0.4, 0.5) is 0 Å². The van der Waals surface area contributed by atoms with Crippen molar-refractivity contribution >= 4 is 29.1 Å². The summed E-state index contributed by atoms with van der Waals surface area (Å²) in [4.78, 5) is 11.4. The first-order chi connectivity index (χ1) is 8.49. The molecule has 0 heterocycles. The Morgan fingerprint density at radius 3 is 2.72 bits per heavy atom. The monoisotopic (exact) mass is 290 g/mol. The number of ether oxygens (including phenoxy) is 1. The van der Waals surface area contributed by atoms with Crippen molar-refractivity contribution in [2.45, 2.75) is 19.4 Å². The molecule has 1 rings (SSSR count). The largest absolute Gasteiger partial charge is 0.479 e. The lowest BCUT2D eigenvalue weighted by atomic mass is 10.1. The Bertz CT molecular complexity index is 438. The summed E-state index contributed by atoms with van der Waals surface area (Å²) < 4.78 is 5.58. The van der Waals surface area contributed by atoms with Gasteiger partial charge in [0.25, 0.3) is 5.91 Å². The highest BCUT2D eigenvalue weighted by Gasteiger charge is 2.17. The number of benzene rings is 1. The van der Waals surface area contributed by atoms with Gasteiger partial charge >= 0.3 is 0 Å². The minimum atomic E-state index is -0.634. The van der Waals surface area contributed by atoms with Crippen molar-refractivity contribution in [1.82, 2.24) is 5.32 Å². The first kappa shape index (κ1) is 15.1. The van der Waals surface area contributed by atoms with Crippen LogP contribution in [0, 0.1) is 0 Å². The summed E-state index contributed by atoms with van der Waals surface area (Å²) in [5, 5.41) is 3.40. The summed E-state index contributed by atoms with van der Waals surface area (Å²) in [6, 6.07) is 3.32. The van der Waals surface area contributed by atoms with Crippen molar-refractivity contribution in [3.63, 3.8) is 0 Å². The maximum atomic E-state index is 11.4. The molecule has 100 valence electrons. The van der Waals surface area contributed by atoms with E-state index >= 15 is 0 Å². The number of likely N-dealkylation sites (N-methyl/N-ethyl adjacent to an activating group) is 1. The summed E-state index contributed by atoms with van der Waals surface area (Å²) >= 11 is 12.0. The Hall–Kier alpha value is -0.970. The standard InChI is InChI=1S/C12H16Cl2N2O2/c1-7(12(17)16-2)18-11-8(3-4-15)5-9(13)6-10(11)14/h5-7H,3-4,15H2,1-2H3,(H,16,17). The van der Waals surface area contributed by atoms with Crippen LogP contribution in [0.15, 0.2) is 12.1 Å². The van der Waals surface area contributed by atoms with E-state index in [0.717, 1.165) is 5.56 Å². The molecule has 1 aromatic carbocycles. The van der Waals surface area contributed by atoms with Gasteiger partial charge < -0.3 is 15.8 Å². The van der Waals surface area contributed by atoms with Gasteiger partial charge in [0.15, 0.2) is 6.10 Å². The molecule has 1 amide bonds. The third-order valence-electron chi connectivity index (χ3n) is 2.41. The van der Waals surface area contributed by atoms with E-state index in [1.807, 2.05) is 0 Å². The van der Waals surface area contributed by atoms with Crippen LogP contribution in [0.2, 0.25) is 10.0 Å². The molecule has 0 aliphatic rings. The minimum Gasteiger partial charge on any atom is -0.479 e. The van der Waals surface area contributed by atoms with Gasteiger partial charge in [-0.15, -0.1) is 0 Å². The number of nitrogens with two attached hydrogens (primary N) is 1. The molecule has 0 saturated heterocycles. The average molecular weight is 291 g/mol. The topological polar surface area (TPSA) is 64.3 Å². The maximum absolute atomic E-state index is 11.4. The van der Waals surface area contributed by atoms with Crippen LogP contribution in [0.5, 0.6) is 5.75 Å². The van der Waals surface area contributed by atoms with Gasteiger partial charge in [-0.2, -0.15) is 0 Å². The molecule has 3 N–H and O–H groups in total. The van der Waals surface area contributed by atoms with Gasteiger partial charge in [-0.05, 0) is 37.6 Å². The molecule has 0 radical (unpaired) electrons. The van der Waals surface area contributed by atoms with Gasteiger partial charge in [-0.3, -0.25) is 4.79 Å². The fraction of sp³-hybridized carbons (Fsp3) is 0.417. The number of amides is 1. The molecule has 0 bridgehead atoms. The maximum Gasteiger partial charge on any atom is 0.260 e. The van der Waals surface area contributed by atoms with Crippen LogP contribution in [-0.2, 0) is 11.2 Å². The Labute approximate surface area is 116 Å². The van der Waals surface area contributed by atoms with E-state index in [9.17, 15) is 4.79 Å². The van der Waals surface area contributed by atoms with Gasteiger partial charge in [-0.25, -0.2) is 0 Å². The van der Waals surface area contributed by atoms with E-state index in [1.165, 1.54) is 0 Å². The van der Waals surface area contributed by atoms with Crippen LogP contribution in [-0.4, -0.2) is 25.6 Å². The summed E-state index contributed by atoms with van der Waals surface area (Å²) in [7, 11) is 1.55. The first-order valence-electron chi connectivity index (χ1n) is 5.55. The number of carbonyl (C=O) groups excluding carboxylic acids is 1. The molecular weight excluding hydrogens is 275 g/mol. The number of rotatable bonds is 5. The summed E-state index contributed by atoms with van der Waals surface area (Å²) in [6.45, 7) is 2.09. The third-order valence-corrected chi connectivity index (χ3v) is 2.91. The molecule has 18 heavy (non-hydrogen) atoms. The number of nitrogens with one attached hydrogen (secondary N) is 1. The molecule has 0 aromatic heterocycles. The zero-order valence-electron chi connectivity index (χ0n) is 10.3. The van der Waals surface area contributed by atoms with Gasteiger partial charge in [0, 0.05) is 12.1 Å². The van der Waals surface area contributed by atoms with Crippen molar-refractivity contribution in [2.75, 3.05) is 13.6 Å². The first-order valence-corrected chi connectivity index (χ1v) is 6.31. The Morgan fingerprint density at radius 2 is 2.17 bits per heavy atom. The van der Waals surface area contributed by atoms with Crippen molar-refractivity contribution in [3.05, 3.63) is 27.7 Å². The molecule has 0 spiro atoms. The highest BCUT2D eigenvalue weighted by atomic mass is 35.5. The fourth-order valence-corrected chi connectivity index (χ4v) is 2.10. The van der Waals surface area contributed by atoms with Crippen LogP contribution >= 0.6 is 23.2 Å². The molecule has 0 aliphatic heterocycles. The third kappa shape index (κ3) is 3.77. The second-order valence-corrected chi connectivity index (χ2v) is 4.63. The summed E-state index contributed by atoms with van der Waals surface area (Å²) in [5.41, 5.74) is 6.32. The lowest BCUT2D eigenvalue weighted by Crippen LogP contribution is -2.34. The second kappa shape index (κ2) is 6.83. The Morgan fingerprint density at radius 1 is 1.50 bits per heavy atom. The highest BCUT2D eigenvalue weighted by molar-refractivity contribution is 6.35. The molecule has 0 fully saturated rings. The molecule has 0 aliphatic carbocycles. The van der Waals surface area contributed by atoms with Gasteiger partial charge in [0.05, 0.1) is 5.02 Å². The van der Waals surface area contributed by atoms with Gasteiger partial charge in [0.2, 0.25) is 0 Å². The summed E-state index contributed by atoms with van der Waals surface area (Å²) in [5.74, 6) is 0.238. The lowest BCUT2D eigenvalue weighted by molar-refractivity contribution is -0.126. The SMILES string of the molecule is CNC(=O)C(C)Oc1c(Cl)cc(Cl)cc1CCN. The zero-order chi connectivity index (χ0) is 13.7. The van der Waals surface area contributed by atoms with E-state index in [1.54, 1.807) is 26.1 Å². The van der Waals surface area contributed by atoms with Crippen LogP contribution in [0.25, 0.3) is 0 Å². The van der Waals surface area contributed by atoms with Crippen molar-refractivity contribution in [1.29, 1.82) is 0 Å². The van der Waals surface area contributed by atoms with Crippen molar-refractivity contribution in [3.8, 4) is 5.75 Å². The smallest absolute Gasteiger partial charge is 0.260 e. The average Bonchev–Trinajstić information content (AvgIpc) is 2.32. The van der Waals surface area contributed by atoms with Crippen molar-refractivity contribution < 1.29 is 9.53 Å². The highest BCUT2D eigenvalue weighted by Crippen LogP contribution is 2.33. The van der Waals surface area contributed by atoms with E-state index in [2.05, 4.69) is 5.32 Å². The van der Waals surface area contributed by atoms with Gasteiger partial charge in [-0.1, -0.05) is 23.2 Å². The van der Waals surface area contributed by atoms with E-state index in [-0.39, 0.29) is 5.91 Å². The normalized spacial score (nSPS) is 12.1. The fourth-order valence-electron chi connectivity index (χ4n) is 1.52. The van der Waals surface area contributed by atoms with Gasteiger partial charge in [0.1, 0.15) is 5.75 Å². The van der Waals surface area contributed by atoms with Crippen LogP contribution in [0.1, 0.15) is 12.5 Å². The molecule has 0 saturated carbocycles. The summed E-state index contributed by atoms with van der Waals surface area (Å²) in [6.07, 6.45) is -0.0546. The number of hydrogen-bond acceptors (Lipinski definition) is 3. The number of carbonyl (C=O) groups is 1. The minimum absolute atomic E-state index is 0.222. The zero-order valence-corrected chi connectivity index (χ0v) is 11.8. The second-order valence-electron chi connectivity index (χ2n) is 3.79. The van der Waals surface area contributed by atoms with Crippen molar-refractivity contribution in [2.24, 2.45) is 5.73 Å².